The van der Waals surface area contributed by atoms with Gasteiger partial charge in [0.2, 0.25) is 0 Å². The van der Waals surface area contributed by atoms with Crippen LogP contribution >= 0.6 is 0 Å². The van der Waals surface area contributed by atoms with Gasteiger partial charge < -0.3 is 4.74 Å². The average molecular weight is 205 g/mol. The van der Waals surface area contributed by atoms with Crippen LogP contribution in [0.1, 0.15) is 5.56 Å². The Morgan fingerprint density at radius 1 is 1.64 bits per heavy atom. The molecule has 0 atom stereocenters. The van der Waals surface area contributed by atoms with E-state index in [0.717, 1.165) is 6.20 Å². The summed E-state index contributed by atoms with van der Waals surface area (Å²) in [4.78, 5) is 10.3. The Morgan fingerprint density at radius 2 is 2.29 bits per heavy atom. The van der Waals surface area contributed by atoms with Gasteiger partial charge >= 0.3 is 12.1 Å². The summed E-state index contributed by atoms with van der Waals surface area (Å²) < 4.78 is 38.9. The first-order valence-corrected chi connectivity index (χ1v) is 3.18. The van der Waals surface area contributed by atoms with Crippen LogP contribution in [0.25, 0.3) is 0 Å². The van der Waals surface area contributed by atoms with Gasteiger partial charge in [-0.3, -0.25) is 5.10 Å². The lowest BCUT2D eigenvalue weighted by atomic mass is 10.4. The van der Waals surface area contributed by atoms with Crippen molar-refractivity contribution in [1.82, 2.24) is 10.2 Å². The lowest BCUT2D eigenvalue weighted by Gasteiger charge is -2.03. The van der Waals surface area contributed by atoms with Crippen molar-refractivity contribution in [3.05, 3.63) is 11.8 Å². The number of alkyl halides is 3. The maximum atomic E-state index is 11.7. The predicted octanol–water partition coefficient (Wildman–Crippen LogP) is 0.749. The van der Waals surface area contributed by atoms with Crippen molar-refractivity contribution >= 4 is 5.97 Å². The number of hydrogen-bond donors (Lipinski definition) is 1. The molecule has 1 N–H and O–H groups in total. The van der Waals surface area contributed by atoms with Gasteiger partial charge in [0.25, 0.3) is 5.88 Å². The third-order valence-corrected chi connectivity index (χ3v) is 1.15. The molecule has 0 unspecified atom stereocenters. The van der Waals surface area contributed by atoms with Crippen LogP contribution < -0.4 is 4.74 Å². The number of carbonyl (C=O) groups excluding carboxylic acids is 1. The smallest absolute Gasteiger partial charge is 0.398 e. The summed E-state index contributed by atoms with van der Waals surface area (Å²) in [5.74, 6) is -3.10. The molecule has 0 saturated heterocycles. The molecule has 0 spiro atoms. The normalized spacial score (nSPS) is 10.7. The molecule has 0 radical (unpaired) electrons. The van der Waals surface area contributed by atoms with Gasteiger partial charge in [0.1, 0.15) is 11.6 Å². The highest BCUT2D eigenvalue weighted by Crippen LogP contribution is 2.20. The van der Waals surface area contributed by atoms with Crippen molar-refractivity contribution in [3.63, 3.8) is 0 Å². The Labute approximate surface area is 75.1 Å². The fourth-order valence-corrected chi connectivity index (χ4v) is 0.581. The second-order valence-electron chi connectivity index (χ2n) is 2.10. The molecule has 74 valence electrons. The first kappa shape index (κ1) is 10.0. The van der Waals surface area contributed by atoms with Crippen molar-refractivity contribution in [3.8, 4) is 11.9 Å². The molecule has 1 rings (SSSR count). The highest BCUT2D eigenvalue weighted by Gasteiger charge is 2.42. The summed E-state index contributed by atoms with van der Waals surface area (Å²) >= 11 is 0. The van der Waals surface area contributed by atoms with Crippen molar-refractivity contribution in [1.29, 1.82) is 5.26 Å². The Hall–Kier alpha value is -2.04. The largest absolute Gasteiger partial charge is 0.491 e. The number of carbonyl (C=O) groups is 1. The van der Waals surface area contributed by atoms with E-state index in [1.807, 2.05) is 0 Å². The van der Waals surface area contributed by atoms with E-state index in [0.29, 0.717) is 0 Å². The van der Waals surface area contributed by atoms with E-state index in [2.05, 4.69) is 14.9 Å². The van der Waals surface area contributed by atoms with Crippen LogP contribution in [0, 0.1) is 11.3 Å². The number of H-pyrrole nitrogens is 1. The first-order chi connectivity index (χ1) is 6.45. The van der Waals surface area contributed by atoms with Gasteiger partial charge in [-0.2, -0.15) is 18.4 Å². The average Bonchev–Trinajstić information content (AvgIpc) is 2.50. The van der Waals surface area contributed by atoms with Crippen molar-refractivity contribution in [2.24, 2.45) is 0 Å². The van der Waals surface area contributed by atoms with Crippen LogP contribution in [0.15, 0.2) is 6.20 Å². The van der Waals surface area contributed by atoms with Gasteiger partial charge in [-0.25, -0.2) is 4.79 Å². The molecule has 1 aromatic heterocycles. The van der Waals surface area contributed by atoms with Crippen molar-refractivity contribution in [2.75, 3.05) is 0 Å². The molecule has 1 heterocycles. The van der Waals surface area contributed by atoms with Gasteiger partial charge in [-0.1, -0.05) is 0 Å². The Balaban J connectivity index is 2.81. The molecule has 0 amide bonds. The van der Waals surface area contributed by atoms with Gasteiger partial charge in [0.15, 0.2) is 0 Å². The Morgan fingerprint density at radius 3 is 2.79 bits per heavy atom. The fraction of sp³-hybridized carbons (Fsp3) is 0.167. The molecule has 0 saturated carbocycles. The number of nitrogens with zero attached hydrogens (tertiary/aromatic N) is 2. The van der Waals surface area contributed by atoms with E-state index in [1.54, 1.807) is 0 Å². The maximum Gasteiger partial charge on any atom is 0.491 e. The summed E-state index contributed by atoms with van der Waals surface area (Å²) in [7, 11) is 0. The van der Waals surface area contributed by atoms with E-state index in [1.165, 1.54) is 6.07 Å². The van der Waals surface area contributed by atoms with Gasteiger partial charge in [0.05, 0.1) is 0 Å². The number of halogens is 3. The van der Waals surface area contributed by atoms with Gasteiger partial charge in [0, 0.05) is 6.20 Å². The summed E-state index contributed by atoms with van der Waals surface area (Å²) in [6, 6.07) is 1.49. The quantitative estimate of drug-likeness (QED) is 0.686. The fourth-order valence-electron chi connectivity index (χ4n) is 0.581. The second kappa shape index (κ2) is 3.37. The van der Waals surface area contributed by atoms with E-state index in [-0.39, 0.29) is 5.56 Å². The van der Waals surface area contributed by atoms with E-state index < -0.39 is 18.0 Å². The van der Waals surface area contributed by atoms with E-state index in [4.69, 9.17) is 5.26 Å². The zero-order chi connectivity index (χ0) is 10.8. The lowest BCUT2D eigenvalue weighted by Crippen LogP contribution is -2.28. The van der Waals surface area contributed by atoms with Crippen molar-refractivity contribution < 1.29 is 22.7 Å². The van der Waals surface area contributed by atoms with E-state index in [9.17, 15) is 18.0 Å². The number of esters is 1. The predicted molar refractivity (Wildman–Crippen MR) is 35.0 cm³/mol. The van der Waals surface area contributed by atoms with Crippen LogP contribution in [0.5, 0.6) is 5.88 Å². The minimum atomic E-state index is -5.11. The molecular weight excluding hydrogens is 203 g/mol. The third kappa shape index (κ3) is 2.01. The SMILES string of the molecule is N#Cc1c[nH]nc1OC(=O)C(F)(F)F. The minimum absolute atomic E-state index is 0.275. The maximum absolute atomic E-state index is 11.7. The third-order valence-electron chi connectivity index (χ3n) is 1.15. The van der Waals surface area contributed by atoms with Crippen LogP contribution in [0.4, 0.5) is 13.2 Å². The second-order valence-corrected chi connectivity index (χ2v) is 2.10. The number of hydrogen-bond acceptors (Lipinski definition) is 4. The number of ether oxygens (including phenoxy) is 1. The number of aromatic nitrogens is 2. The van der Waals surface area contributed by atoms with Gasteiger partial charge in [-0.05, 0) is 0 Å². The van der Waals surface area contributed by atoms with Crippen LogP contribution in [0.3, 0.4) is 0 Å². The van der Waals surface area contributed by atoms with Crippen LogP contribution in [0.2, 0.25) is 0 Å². The Bertz CT molecular complexity index is 390. The molecule has 14 heavy (non-hydrogen) atoms. The lowest BCUT2D eigenvalue weighted by molar-refractivity contribution is -0.190. The van der Waals surface area contributed by atoms with E-state index >= 15 is 0 Å². The van der Waals surface area contributed by atoms with Crippen LogP contribution in [-0.4, -0.2) is 22.3 Å². The number of nitrogens with one attached hydrogen (secondary N) is 1. The van der Waals surface area contributed by atoms with Gasteiger partial charge in [-0.15, -0.1) is 5.10 Å². The molecule has 0 aliphatic rings. The van der Waals surface area contributed by atoms with Crippen LogP contribution in [-0.2, 0) is 4.79 Å². The summed E-state index contributed by atoms with van der Waals surface area (Å²) in [6.45, 7) is 0. The Kier molecular flexibility index (Phi) is 2.42. The first-order valence-electron chi connectivity index (χ1n) is 3.18. The standard InChI is InChI=1S/C6H2F3N3O2/c7-6(8,9)5(13)14-4-3(1-10)2-11-12-4/h2H,(H,11,12). The number of nitriles is 1. The highest BCUT2D eigenvalue weighted by molar-refractivity contribution is 5.78. The molecule has 1 aromatic rings. The molecule has 8 heteroatoms. The summed E-state index contributed by atoms with van der Waals surface area (Å²) in [5, 5.41) is 13.6. The topological polar surface area (TPSA) is 78.8 Å². The zero-order valence-corrected chi connectivity index (χ0v) is 6.42. The molecule has 0 fully saturated rings. The molecule has 0 bridgehead atoms. The van der Waals surface area contributed by atoms with Crippen molar-refractivity contribution in [2.45, 2.75) is 6.18 Å². The highest BCUT2D eigenvalue weighted by atomic mass is 19.4. The summed E-state index contributed by atoms with van der Waals surface area (Å²) in [5.41, 5.74) is -0.275. The molecule has 5 nitrogen and oxygen atoms in total. The zero-order valence-electron chi connectivity index (χ0n) is 6.42. The molecule has 0 aromatic carbocycles. The monoisotopic (exact) mass is 205 g/mol. The minimum Gasteiger partial charge on any atom is -0.398 e. The molecule has 0 aliphatic heterocycles. The summed E-state index contributed by atoms with van der Waals surface area (Å²) in [6.07, 6.45) is -4.09. The molecular formula is C6H2F3N3O2. The number of aromatic amines is 1. The number of rotatable bonds is 1. The molecule has 0 aliphatic carbocycles.